The standard InChI is InChI=1S/C20H16FN3O2/c1-11-6-7-13(19-22-20(26-23-19)14-10-15(14)21)8-17(11)24-16-5-3-2-4-12(16)9-18(24)25/h2-8,14-15H,9-10H2,1H3/t14-,15-/m0/s1. The lowest BCUT2D eigenvalue weighted by Crippen LogP contribution is -2.21. The van der Waals surface area contributed by atoms with Crippen LogP contribution >= 0.6 is 0 Å². The SMILES string of the molecule is Cc1ccc(-c2noc([C@H]3C[C@@H]3F)n2)cc1N1C(=O)Cc2ccccc21. The number of carbonyl (C=O) groups is 1. The van der Waals surface area contributed by atoms with Crippen LogP contribution in [0.3, 0.4) is 0 Å². The summed E-state index contributed by atoms with van der Waals surface area (Å²) in [5, 5.41) is 3.99. The number of hydrogen-bond acceptors (Lipinski definition) is 4. The van der Waals surface area contributed by atoms with Crippen LogP contribution in [0.5, 0.6) is 0 Å². The van der Waals surface area contributed by atoms with Crippen molar-refractivity contribution in [1.82, 2.24) is 10.1 Å². The van der Waals surface area contributed by atoms with Crippen LogP contribution in [0.25, 0.3) is 11.4 Å². The number of rotatable bonds is 3. The van der Waals surface area contributed by atoms with E-state index in [4.69, 9.17) is 4.52 Å². The van der Waals surface area contributed by atoms with E-state index in [2.05, 4.69) is 10.1 Å². The van der Waals surface area contributed by atoms with Crippen molar-refractivity contribution in [3.8, 4) is 11.4 Å². The molecular weight excluding hydrogens is 333 g/mol. The average Bonchev–Trinajstić information content (AvgIpc) is 3.06. The molecule has 26 heavy (non-hydrogen) atoms. The first-order chi connectivity index (χ1) is 12.6. The summed E-state index contributed by atoms with van der Waals surface area (Å²) in [4.78, 5) is 18.7. The number of carbonyl (C=O) groups excluding carboxylic acids is 1. The highest BCUT2D eigenvalue weighted by Gasteiger charge is 2.43. The number of alkyl halides is 1. The van der Waals surface area contributed by atoms with E-state index in [9.17, 15) is 9.18 Å². The third-order valence-corrected chi connectivity index (χ3v) is 5.00. The molecule has 5 nitrogen and oxygen atoms in total. The first kappa shape index (κ1) is 15.3. The normalized spacial score (nSPS) is 21.2. The summed E-state index contributed by atoms with van der Waals surface area (Å²) in [6.45, 7) is 1.97. The summed E-state index contributed by atoms with van der Waals surface area (Å²) in [5.41, 5.74) is 4.46. The van der Waals surface area contributed by atoms with Gasteiger partial charge in [0.05, 0.1) is 23.7 Å². The van der Waals surface area contributed by atoms with Crippen LogP contribution in [0.1, 0.15) is 29.4 Å². The van der Waals surface area contributed by atoms with Gasteiger partial charge in [-0.25, -0.2) is 4.39 Å². The molecule has 2 atom stereocenters. The zero-order valence-corrected chi connectivity index (χ0v) is 14.1. The number of anilines is 2. The monoisotopic (exact) mass is 349 g/mol. The van der Waals surface area contributed by atoms with Crippen LogP contribution in [0.2, 0.25) is 0 Å². The van der Waals surface area contributed by atoms with E-state index in [1.54, 1.807) is 4.90 Å². The van der Waals surface area contributed by atoms with Gasteiger partial charge in [-0.3, -0.25) is 9.69 Å². The fourth-order valence-electron chi connectivity index (χ4n) is 3.43. The van der Waals surface area contributed by atoms with Crippen LogP contribution in [0.4, 0.5) is 15.8 Å². The van der Waals surface area contributed by atoms with Gasteiger partial charge in [0.15, 0.2) is 0 Å². The van der Waals surface area contributed by atoms with Crippen molar-refractivity contribution in [1.29, 1.82) is 0 Å². The minimum absolute atomic E-state index is 0.0403. The second-order valence-electron chi connectivity index (χ2n) is 6.85. The highest BCUT2D eigenvalue weighted by Crippen LogP contribution is 2.43. The molecule has 3 aromatic rings. The highest BCUT2D eigenvalue weighted by atomic mass is 19.1. The van der Waals surface area contributed by atoms with Crippen LogP contribution in [-0.2, 0) is 11.2 Å². The minimum atomic E-state index is -0.879. The predicted octanol–water partition coefficient (Wildman–Crippen LogP) is 4.09. The number of amides is 1. The van der Waals surface area contributed by atoms with Crippen LogP contribution < -0.4 is 4.90 Å². The van der Waals surface area contributed by atoms with Gasteiger partial charge in [-0.15, -0.1) is 0 Å². The second-order valence-corrected chi connectivity index (χ2v) is 6.85. The van der Waals surface area contributed by atoms with E-state index in [-0.39, 0.29) is 11.8 Å². The maximum Gasteiger partial charge on any atom is 0.236 e. The molecule has 0 radical (unpaired) electrons. The molecule has 6 heteroatoms. The number of hydrogen-bond donors (Lipinski definition) is 0. The van der Waals surface area contributed by atoms with E-state index in [0.29, 0.717) is 24.6 Å². The Morgan fingerprint density at radius 2 is 2.00 bits per heavy atom. The molecule has 1 aliphatic heterocycles. The number of para-hydroxylation sites is 1. The van der Waals surface area contributed by atoms with Gasteiger partial charge in [0.2, 0.25) is 17.6 Å². The summed E-state index contributed by atoms with van der Waals surface area (Å²) in [6.07, 6.45) is -0.0402. The highest BCUT2D eigenvalue weighted by molar-refractivity contribution is 6.08. The largest absolute Gasteiger partial charge is 0.339 e. The van der Waals surface area contributed by atoms with Crippen LogP contribution in [-0.4, -0.2) is 22.2 Å². The zero-order valence-electron chi connectivity index (χ0n) is 14.1. The van der Waals surface area contributed by atoms with Crippen molar-refractivity contribution in [3.05, 3.63) is 59.5 Å². The molecule has 5 rings (SSSR count). The number of aryl methyl sites for hydroxylation is 1. The smallest absolute Gasteiger partial charge is 0.236 e. The van der Waals surface area contributed by atoms with Gasteiger partial charge in [-0.2, -0.15) is 4.98 Å². The fourth-order valence-corrected chi connectivity index (χ4v) is 3.43. The summed E-state index contributed by atoms with van der Waals surface area (Å²) in [5.74, 6) is 0.532. The fraction of sp³-hybridized carbons (Fsp3) is 0.250. The van der Waals surface area contributed by atoms with E-state index in [1.807, 2.05) is 49.4 Å². The Labute approximate surface area is 149 Å². The quantitative estimate of drug-likeness (QED) is 0.714. The van der Waals surface area contributed by atoms with Gasteiger partial charge in [-0.1, -0.05) is 35.5 Å². The first-order valence-corrected chi connectivity index (χ1v) is 8.61. The lowest BCUT2D eigenvalue weighted by Gasteiger charge is -2.20. The molecule has 1 aliphatic carbocycles. The Morgan fingerprint density at radius 3 is 2.81 bits per heavy atom. The number of aromatic nitrogens is 2. The molecule has 1 fully saturated rings. The predicted molar refractivity (Wildman–Crippen MR) is 94.0 cm³/mol. The molecule has 0 saturated heterocycles. The van der Waals surface area contributed by atoms with Crippen molar-refractivity contribution in [2.24, 2.45) is 0 Å². The third-order valence-electron chi connectivity index (χ3n) is 5.00. The lowest BCUT2D eigenvalue weighted by atomic mass is 10.1. The maximum absolute atomic E-state index is 13.2. The van der Waals surface area contributed by atoms with Crippen molar-refractivity contribution >= 4 is 17.3 Å². The van der Waals surface area contributed by atoms with Gasteiger partial charge < -0.3 is 4.52 Å². The van der Waals surface area contributed by atoms with Gasteiger partial charge in [0.1, 0.15) is 6.17 Å². The van der Waals surface area contributed by atoms with Gasteiger partial charge in [-0.05, 0) is 36.6 Å². The Morgan fingerprint density at radius 1 is 1.19 bits per heavy atom. The third kappa shape index (κ3) is 2.33. The molecule has 1 amide bonds. The van der Waals surface area contributed by atoms with E-state index in [1.165, 1.54) is 0 Å². The average molecular weight is 349 g/mol. The van der Waals surface area contributed by atoms with Gasteiger partial charge in [0, 0.05) is 5.56 Å². The molecule has 2 aromatic carbocycles. The van der Waals surface area contributed by atoms with Crippen LogP contribution in [0, 0.1) is 6.92 Å². The van der Waals surface area contributed by atoms with Crippen molar-refractivity contribution in [3.63, 3.8) is 0 Å². The van der Waals surface area contributed by atoms with Crippen molar-refractivity contribution in [2.45, 2.75) is 31.9 Å². The molecule has 0 spiro atoms. The number of benzene rings is 2. The van der Waals surface area contributed by atoms with E-state index >= 15 is 0 Å². The topological polar surface area (TPSA) is 59.2 Å². The Kier molecular flexibility index (Phi) is 3.22. The minimum Gasteiger partial charge on any atom is -0.339 e. The first-order valence-electron chi connectivity index (χ1n) is 8.61. The Balaban J connectivity index is 1.55. The molecule has 0 unspecified atom stereocenters. The van der Waals surface area contributed by atoms with E-state index in [0.717, 1.165) is 28.1 Å². The molecule has 0 bridgehead atoms. The van der Waals surface area contributed by atoms with Gasteiger partial charge >= 0.3 is 0 Å². The molecule has 2 aliphatic rings. The van der Waals surface area contributed by atoms with E-state index < -0.39 is 6.17 Å². The van der Waals surface area contributed by atoms with Crippen molar-refractivity contribution < 1.29 is 13.7 Å². The summed E-state index contributed by atoms with van der Waals surface area (Å²) in [6, 6.07) is 13.5. The Hall–Kier alpha value is -3.02. The molecular formula is C20H16FN3O2. The zero-order chi connectivity index (χ0) is 17.8. The van der Waals surface area contributed by atoms with Gasteiger partial charge in [0.25, 0.3) is 0 Å². The summed E-state index contributed by atoms with van der Waals surface area (Å²) in [7, 11) is 0. The molecule has 1 saturated carbocycles. The summed E-state index contributed by atoms with van der Waals surface area (Å²) < 4.78 is 18.4. The maximum atomic E-state index is 13.2. The van der Waals surface area contributed by atoms with Crippen molar-refractivity contribution in [2.75, 3.05) is 4.90 Å². The molecule has 2 heterocycles. The number of halogens is 1. The number of nitrogens with zero attached hydrogens (tertiary/aromatic N) is 3. The summed E-state index contributed by atoms with van der Waals surface area (Å²) >= 11 is 0. The lowest BCUT2D eigenvalue weighted by molar-refractivity contribution is -0.116. The molecule has 1 aromatic heterocycles. The second kappa shape index (κ2) is 5.49. The number of fused-ring (bicyclic) bond motifs is 1. The molecule has 0 N–H and O–H groups in total. The Bertz CT molecular complexity index is 1030. The van der Waals surface area contributed by atoms with Crippen LogP contribution in [0.15, 0.2) is 47.0 Å². The molecule has 130 valence electrons.